The fourth-order valence-corrected chi connectivity index (χ4v) is 4.12. The predicted octanol–water partition coefficient (Wildman–Crippen LogP) is 5.01. The molecule has 0 N–H and O–H groups in total. The SMILES string of the molecule is CC[C@H](C)[C@@H]([C@@H](CC(=O)OC(C)(C)C)OC)N(C)C(=O)C(CC(=O)OCc1ccccc1)C(C)C. The standard InChI is InChI=1S/C28H45NO6/c1-10-20(4)26(23(33-9)17-25(31)35-28(5,6)7)29(8)27(32)22(19(2)3)16-24(30)34-18-21-14-12-11-13-15-21/h11-15,19-20,22-23,26H,10,16-18H2,1-9H3/t20-,22?,23+,26-/m0/s1. The lowest BCUT2D eigenvalue weighted by Crippen LogP contribution is -2.52. The molecule has 198 valence electrons. The molecule has 0 saturated carbocycles. The van der Waals surface area contributed by atoms with Crippen LogP contribution >= 0.6 is 0 Å². The summed E-state index contributed by atoms with van der Waals surface area (Å²) in [5.41, 5.74) is 0.290. The van der Waals surface area contributed by atoms with Crippen LogP contribution in [0.1, 0.15) is 73.3 Å². The third-order valence-electron chi connectivity index (χ3n) is 6.24. The molecule has 1 amide bonds. The fourth-order valence-electron chi connectivity index (χ4n) is 4.12. The molecule has 0 aliphatic carbocycles. The van der Waals surface area contributed by atoms with Crippen LogP contribution in [0.5, 0.6) is 0 Å². The van der Waals surface area contributed by atoms with Gasteiger partial charge in [0.05, 0.1) is 30.9 Å². The Morgan fingerprint density at radius 3 is 2.06 bits per heavy atom. The number of amides is 1. The molecule has 0 aromatic heterocycles. The van der Waals surface area contributed by atoms with Gasteiger partial charge in [-0.15, -0.1) is 0 Å². The van der Waals surface area contributed by atoms with Crippen molar-refractivity contribution in [3.8, 4) is 0 Å². The van der Waals surface area contributed by atoms with Crippen molar-refractivity contribution in [1.82, 2.24) is 4.90 Å². The maximum absolute atomic E-state index is 13.6. The van der Waals surface area contributed by atoms with Crippen LogP contribution < -0.4 is 0 Å². The minimum absolute atomic E-state index is 0.00931. The Labute approximate surface area is 211 Å². The van der Waals surface area contributed by atoms with Gasteiger partial charge in [-0.25, -0.2) is 0 Å². The second kappa shape index (κ2) is 14.2. The van der Waals surface area contributed by atoms with Crippen molar-refractivity contribution in [3.63, 3.8) is 0 Å². The average molecular weight is 492 g/mol. The summed E-state index contributed by atoms with van der Waals surface area (Å²) < 4.78 is 16.6. The van der Waals surface area contributed by atoms with E-state index in [2.05, 4.69) is 0 Å². The smallest absolute Gasteiger partial charge is 0.309 e. The maximum Gasteiger partial charge on any atom is 0.309 e. The second-order valence-electron chi connectivity index (χ2n) is 10.6. The molecule has 0 aliphatic heterocycles. The first-order valence-corrected chi connectivity index (χ1v) is 12.5. The van der Waals surface area contributed by atoms with Crippen LogP contribution in [0.15, 0.2) is 30.3 Å². The lowest BCUT2D eigenvalue weighted by atomic mass is 9.87. The van der Waals surface area contributed by atoms with Crippen LogP contribution in [0.4, 0.5) is 0 Å². The monoisotopic (exact) mass is 491 g/mol. The molecule has 0 bridgehead atoms. The molecular formula is C28H45NO6. The quantitative estimate of drug-likeness (QED) is 0.361. The highest BCUT2D eigenvalue weighted by atomic mass is 16.6. The summed E-state index contributed by atoms with van der Waals surface area (Å²) in [7, 11) is 3.27. The molecule has 1 aromatic rings. The number of esters is 2. The normalized spacial score (nSPS) is 15.1. The number of carbonyl (C=O) groups is 3. The highest BCUT2D eigenvalue weighted by molar-refractivity contribution is 5.84. The number of rotatable bonds is 13. The molecule has 0 fully saturated rings. The van der Waals surface area contributed by atoms with E-state index in [1.165, 1.54) is 0 Å². The molecule has 0 radical (unpaired) electrons. The first-order valence-electron chi connectivity index (χ1n) is 12.5. The Morgan fingerprint density at radius 1 is 0.971 bits per heavy atom. The van der Waals surface area contributed by atoms with Crippen molar-refractivity contribution in [2.75, 3.05) is 14.2 Å². The number of carbonyl (C=O) groups excluding carboxylic acids is 3. The zero-order valence-electron chi connectivity index (χ0n) is 23.0. The van der Waals surface area contributed by atoms with Gasteiger partial charge in [-0.2, -0.15) is 0 Å². The van der Waals surface area contributed by atoms with Crippen molar-refractivity contribution in [1.29, 1.82) is 0 Å². The molecule has 0 aliphatic rings. The molecule has 1 unspecified atom stereocenters. The molecule has 7 heteroatoms. The molecule has 0 spiro atoms. The minimum atomic E-state index is -0.605. The number of methoxy groups -OCH3 is 1. The van der Waals surface area contributed by atoms with Gasteiger partial charge in [0.1, 0.15) is 12.2 Å². The van der Waals surface area contributed by atoms with E-state index in [0.717, 1.165) is 12.0 Å². The van der Waals surface area contributed by atoms with E-state index in [1.54, 1.807) is 19.1 Å². The first-order chi connectivity index (χ1) is 16.3. The summed E-state index contributed by atoms with van der Waals surface area (Å²) in [6.07, 6.45) is 0.282. The first kappa shape index (κ1) is 30.6. The zero-order chi connectivity index (χ0) is 26.8. The van der Waals surface area contributed by atoms with Gasteiger partial charge in [-0.3, -0.25) is 14.4 Å². The van der Waals surface area contributed by atoms with Crippen LogP contribution in [0.3, 0.4) is 0 Å². The number of benzene rings is 1. The van der Waals surface area contributed by atoms with Gasteiger partial charge in [0.15, 0.2) is 0 Å². The highest BCUT2D eigenvalue weighted by Crippen LogP contribution is 2.27. The summed E-state index contributed by atoms with van der Waals surface area (Å²) >= 11 is 0. The molecule has 0 heterocycles. The topological polar surface area (TPSA) is 82.1 Å². The number of likely N-dealkylation sites (N-methyl/N-ethyl adjacent to an activating group) is 1. The van der Waals surface area contributed by atoms with E-state index < -0.39 is 23.6 Å². The molecule has 35 heavy (non-hydrogen) atoms. The van der Waals surface area contributed by atoms with Gasteiger partial charge >= 0.3 is 11.9 Å². The van der Waals surface area contributed by atoms with E-state index in [4.69, 9.17) is 14.2 Å². The molecule has 4 atom stereocenters. The van der Waals surface area contributed by atoms with Crippen LogP contribution in [-0.2, 0) is 35.2 Å². The van der Waals surface area contributed by atoms with Gasteiger partial charge in [0.25, 0.3) is 0 Å². The second-order valence-corrected chi connectivity index (χ2v) is 10.6. The lowest BCUT2D eigenvalue weighted by Gasteiger charge is -2.39. The van der Waals surface area contributed by atoms with E-state index in [-0.39, 0.29) is 49.2 Å². The summed E-state index contributed by atoms with van der Waals surface area (Å²) in [5.74, 6) is -1.50. The third-order valence-corrected chi connectivity index (χ3v) is 6.24. The van der Waals surface area contributed by atoms with Crippen molar-refractivity contribution >= 4 is 17.8 Å². The van der Waals surface area contributed by atoms with Crippen molar-refractivity contribution in [2.45, 2.75) is 92.1 Å². The van der Waals surface area contributed by atoms with Gasteiger partial charge in [-0.05, 0) is 38.2 Å². The molecule has 1 rings (SSSR count). The van der Waals surface area contributed by atoms with Gasteiger partial charge < -0.3 is 19.1 Å². The van der Waals surface area contributed by atoms with E-state index in [1.807, 2.05) is 78.8 Å². The highest BCUT2D eigenvalue weighted by Gasteiger charge is 2.38. The van der Waals surface area contributed by atoms with Crippen molar-refractivity contribution in [3.05, 3.63) is 35.9 Å². The Bertz CT molecular complexity index is 801. The molecular weight excluding hydrogens is 446 g/mol. The van der Waals surface area contributed by atoms with Crippen LogP contribution in [0.25, 0.3) is 0 Å². The molecule has 7 nitrogen and oxygen atoms in total. The lowest BCUT2D eigenvalue weighted by molar-refractivity contribution is -0.161. The summed E-state index contributed by atoms with van der Waals surface area (Å²) in [6.45, 7) is 13.5. The maximum atomic E-state index is 13.6. The number of ether oxygens (including phenoxy) is 3. The number of hydrogen-bond donors (Lipinski definition) is 0. The third kappa shape index (κ3) is 10.4. The number of hydrogen-bond acceptors (Lipinski definition) is 6. The molecule has 1 aromatic carbocycles. The number of nitrogens with zero attached hydrogens (tertiary/aromatic N) is 1. The fraction of sp³-hybridized carbons (Fsp3) is 0.679. The predicted molar refractivity (Wildman–Crippen MR) is 136 cm³/mol. The summed E-state index contributed by atoms with van der Waals surface area (Å²) in [5, 5.41) is 0. The van der Waals surface area contributed by atoms with Crippen molar-refractivity contribution in [2.24, 2.45) is 17.8 Å². The molecule has 0 saturated heterocycles. The Hall–Kier alpha value is -2.41. The average Bonchev–Trinajstić information content (AvgIpc) is 2.79. The van der Waals surface area contributed by atoms with Crippen LogP contribution in [0, 0.1) is 17.8 Å². The van der Waals surface area contributed by atoms with Crippen LogP contribution in [-0.4, -0.2) is 54.7 Å². The Kier molecular flexibility index (Phi) is 12.4. The Morgan fingerprint density at radius 2 is 1.57 bits per heavy atom. The van der Waals surface area contributed by atoms with Crippen LogP contribution in [0.2, 0.25) is 0 Å². The summed E-state index contributed by atoms with van der Waals surface area (Å²) in [4.78, 5) is 40.4. The van der Waals surface area contributed by atoms with Gasteiger partial charge in [0.2, 0.25) is 5.91 Å². The van der Waals surface area contributed by atoms with Crippen molar-refractivity contribution < 1.29 is 28.6 Å². The van der Waals surface area contributed by atoms with E-state index in [9.17, 15) is 14.4 Å². The largest absolute Gasteiger partial charge is 0.461 e. The zero-order valence-corrected chi connectivity index (χ0v) is 23.0. The summed E-state index contributed by atoms with van der Waals surface area (Å²) in [6, 6.07) is 9.09. The van der Waals surface area contributed by atoms with Gasteiger partial charge in [-0.1, -0.05) is 64.4 Å². The van der Waals surface area contributed by atoms with E-state index >= 15 is 0 Å². The Balaban J connectivity index is 2.99. The van der Waals surface area contributed by atoms with E-state index in [0.29, 0.717) is 0 Å². The van der Waals surface area contributed by atoms with Gasteiger partial charge in [0, 0.05) is 14.2 Å². The minimum Gasteiger partial charge on any atom is -0.461 e.